The molecule has 1 aliphatic rings. The maximum Gasteiger partial charge on any atom is 0.254 e. The van der Waals surface area contributed by atoms with E-state index in [-0.39, 0.29) is 28.6 Å². The highest BCUT2D eigenvalue weighted by molar-refractivity contribution is 7.89. The van der Waals surface area contributed by atoms with Gasteiger partial charge in [0.25, 0.3) is 5.91 Å². The molecule has 1 aliphatic heterocycles. The van der Waals surface area contributed by atoms with Crippen LogP contribution in [0.5, 0.6) is 0 Å². The molecule has 1 atom stereocenters. The molecule has 0 radical (unpaired) electrons. The number of halogens is 1. The van der Waals surface area contributed by atoms with Gasteiger partial charge in [0.05, 0.1) is 4.90 Å². The van der Waals surface area contributed by atoms with Gasteiger partial charge in [-0.05, 0) is 63.8 Å². The van der Waals surface area contributed by atoms with Gasteiger partial charge in [-0.3, -0.25) is 4.79 Å². The topological polar surface area (TPSA) is 92.5 Å². The Balaban J connectivity index is 0.00000338. The predicted molar refractivity (Wildman–Crippen MR) is 106 cm³/mol. The maximum atomic E-state index is 12.9. The van der Waals surface area contributed by atoms with Crippen LogP contribution in [0.3, 0.4) is 0 Å². The Morgan fingerprint density at radius 3 is 2.46 bits per heavy atom. The quantitative estimate of drug-likeness (QED) is 0.806. The number of nitrogens with zero attached hydrogens (tertiary/aromatic N) is 1. The lowest BCUT2D eigenvalue weighted by Crippen LogP contribution is -2.40. The number of carbonyl (C=O) groups is 1. The van der Waals surface area contributed by atoms with Crippen molar-refractivity contribution in [2.45, 2.75) is 51.5 Å². The fourth-order valence-corrected chi connectivity index (χ4v) is 4.44. The van der Waals surface area contributed by atoms with Crippen molar-refractivity contribution in [3.8, 4) is 0 Å². The molecule has 1 heterocycles. The van der Waals surface area contributed by atoms with Crippen LogP contribution < -0.4 is 10.5 Å². The molecule has 0 saturated carbocycles. The Bertz CT molecular complexity index is 774. The number of rotatable bonds is 4. The average Bonchev–Trinajstić information content (AvgIpc) is 2.88. The molecule has 1 fully saturated rings. The van der Waals surface area contributed by atoms with Gasteiger partial charge in [0.1, 0.15) is 0 Å². The molecular weight excluding hydrogens is 374 g/mol. The van der Waals surface area contributed by atoms with Gasteiger partial charge in [-0.1, -0.05) is 13.0 Å². The summed E-state index contributed by atoms with van der Waals surface area (Å²) in [6.07, 6.45) is 0.859. The van der Waals surface area contributed by atoms with E-state index >= 15 is 0 Å². The molecule has 0 bridgehead atoms. The molecule has 1 saturated heterocycles. The minimum Gasteiger partial charge on any atom is -0.338 e. The number of carbonyl (C=O) groups excluding carboxylic acids is 1. The molecule has 3 N–H and O–H groups in total. The van der Waals surface area contributed by atoms with Gasteiger partial charge in [-0.2, -0.15) is 0 Å². The molecule has 8 heteroatoms. The second kappa shape index (κ2) is 7.84. The molecule has 2 rings (SSSR count). The summed E-state index contributed by atoms with van der Waals surface area (Å²) in [4.78, 5) is 14.8. The lowest BCUT2D eigenvalue weighted by molar-refractivity contribution is 0.0776. The molecule has 1 aromatic carbocycles. The highest BCUT2D eigenvalue weighted by Crippen LogP contribution is 2.30. The van der Waals surface area contributed by atoms with Crippen LogP contribution >= 0.6 is 12.4 Å². The molecule has 0 aromatic heterocycles. The zero-order valence-electron chi connectivity index (χ0n) is 16.1. The number of sulfonamides is 1. The summed E-state index contributed by atoms with van der Waals surface area (Å²) < 4.78 is 27.7. The van der Waals surface area contributed by atoms with Crippen LogP contribution in [0.25, 0.3) is 0 Å². The monoisotopic (exact) mass is 403 g/mol. The first-order valence-electron chi connectivity index (χ1n) is 8.51. The number of hydrogen-bond donors (Lipinski definition) is 2. The Morgan fingerprint density at radius 2 is 1.96 bits per heavy atom. The minimum absolute atomic E-state index is 0. The SMILES string of the molecule is Cc1ccc(S(=O)(=O)NC(C)(C)C)cc1C(=O)N1CCC(C)(CN)C1.Cl. The first-order valence-corrected chi connectivity index (χ1v) is 9.99. The zero-order chi connectivity index (χ0) is 19.0. The number of nitrogens with two attached hydrogens (primary N) is 1. The van der Waals surface area contributed by atoms with E-state index in [4.69, 9.17) is 5.73 Å². The van der Waals surface area contributed by atoms with Crippen LogP contribution in [0.4, 0.5) is 0 Å². The summed E-state index contributed by atoms with van der Waals surface area (Å²) in [5.41, 5.74) is 6.35. The predicted octanol–water partition coefficient (Wildman–Crippen LogP) is 2.30. The molecule has 0 spiro atoms. The molecule has 6 nitrogen and oxygen atoms in total. The second-order valence-corrected chi connectivity index (χ2v) is 10.0. The van der Waals surface area contributed by atoms with Gasteiger partial charge >= 0.3 is 0 Å². The standard InChI is InChI=1S/C18H29N3O3S.ClH/c1-13-6-7-14(25(23,24)20-17(2,3)4)10-15(13)16(22)21-9-8-18(5,11-19)12-21;/h6-7,10,20H,8-9,11-12,19H2,1-5H3;1H. The van der Waals surface area contributed by atoms with Crippen LogP contribution in [-0.4, -0.2) is 44.4 Å². The van der Waals surface area contributed by atoms with Crippen molar-refractivity contribution in [2.24, 2.45) is 11.1 Å². The van der Waals surface area contributed by atoms with E-state index in [0.717, 1.165) is 12.0 Å². The van der Waals surface area contributed by atoms with E-state index in [0.29, 0.717) is 25.2 Å². The van der Waals surface area contributed by atoms with E-state index in [9.17, 15) is 13.2 Å². The van der Waals surface area contributed by atoms with Crippen molar-refractivity contribution in [1.82, 2.24) is 9.62 Å². The third-order valence-electron chi connectivity index (χ3n) is 4.53. The first kappa shape index (κ1) is 22.9. The molecule has 1 aromatic rings. The van der Waals surface area contributed by atoms with Crippen molar-refractivity contribution in [3.63, 3.8) is 0 Å². The highest BCUT2D eigenvalue weighted by atomic mass is 35.5. The normalized spacial score (nSPS) is 20.8. The first-order chi connectivity index (χ1) is 11.4. The number of nitrogens with one attached hydrogen (secondary N) is 1. The number of likely N-dealkylation sites (tertiary alicyclic amines) is 1. The van der Waals surface area contributed by atoms with Crippen LogP contribution in [-0.2, 0) is 10.0 Å². The van der Waals surface area contributed by atoms with Gasteiger partial charge in [0.2, 0.25) is 10.0 Å². The molecule has 26 heavy (non-hydrogen) atoms. The van der Waals surface area contributed by atoms with Gasteiger partial charge in [-0.15, -0.1) is 12.4 Å². The minimum atomic E-state index is -3.68. The number of hydrogen-bond acceptors (Lipinski definition) is 4. The summed E-state index contributed by atoms with van der Waals surface area (Å²) in [5, 5.41) is 0. The summed E-state index contributed by atoms with van der Waals surface area (Å²) in [6.45, 7) is 11.0. The molecule has 0 aliphatic carbocycles. The molecular formula is C18H30ClN3O3S. The van der Waals surface area contributed by atoms with Crippen molar-refractivity contribution in [2.75, 3.05) is 19.6 Å². The van der Waals surface area contributed by atoms with E-state index in [2.05, 4.69) is 11.6 Å². The molecule has 1 amide bonds. The average molecular weight is 404 g/mol. The Kier molecular flexibility index (Phi) is 6.90. The third-order valence-corrected chi connectivity index (χ3v) is 6.28. The zero-order valence-corrected chi connectivity index (χ0v) is 17.8. The summed E-state index contributed by atoms with van der Waals surface area (Å²) >= 11 is 0. The van der Waals surface area contributed by atoms with Crippen molar-refractivity contribution >= 4 is 28.3 Å². The number of benzene rings is 1. The third kappa shape index (κ3) is 5.19. The maximum absolute atomic E-state index is 12.9. The number of aryl methyl sites for hydroxylation is 1. The van der Waals surface area contributed by atoms with E-state index in [1.165, 1.54) is 12.1 Å². The van der Waals surface area contributed by atoms with Crippen LogP contribution in [0, 0.1) is 12.3 Å². The van der Waals surface area contributed by atoms with Gasteiger partial charge < -0.3 is 10.6 Å². The fraction of sp³-hybridized carbons (Fsp3) is 0.611. The highest BCUT2D eigenvalue weighted by Gasteiger charge is 2.35. The number of amides is 1. The van der Waals surface area contributed by atoms with Crippen molar-refractivity contribution in [1.29, 1.82) is 0 Å². The Labute approximate surface area is 163 Å². The van der Waals surface area contributed by atoms with Crippen molar-refractivity contribution < 1.29 is 13.2 Å². The smallest absolute Gasteiger partial charge is 0.254 e. The fourth-order valence-electron chi connectivity index (χ4n) is 2.99. The second-order valence-electron chi connectivity index (χ2n) is 8.32. The van der Waals surface area contributed by atoms with Gasteiger partial charge in [0.15, 0.2) is 0 Å². The Morgan fingerprint density at radius 1 is 1.35 bits per heavy atom. The van der Waals surface area contributed by atoms with Gasteiger partial charge in [-0.25, -0.2) is 13.1 Å². The summed E-state index contributed by atoms with van der Waals surface area (Å²) in [5.74, 6) is -0.137. The van der Waals surface area contributed by atoms with Crippen LogP contribution in [0.1, 0.15) is 50.0 Å². The lowest BCUT2D eigenvalue weighted by Gasteiger charge is -2.24. The van der Waals surface area contributed by atoms with Crippen molar-refractivity contribution in [3.05, 3.63) is 29.3 Å². The summed E-state index contributed by atoms with van der Waals surface area (Å²) in [7, 11) is -3.68. The summed E-state index contributed by atoms with van der Waals surface area (Å²) in [6, 6.07) is 4.70. The van der Waals surface area contributed by atoms with Crippen LogP contribution in [0.15, 0.2) is 23.1 Å². The lowest BCUT2D eigenvalue weighted by atomic mass is 9.90. The largest absolute Gasteiger partial charge is 0.338 e. The van der Waals surface area contributed by atoms with E-state index < -0.39 is 15.6 Å². The van der Waals surface area contributed by atoms with E-state index in [1.807, 2.05) is 6.92 Å². The Hall–Kier alpha value is -1.15. The molecule has 1 unspecified atom stereocenters. The van der Waals surface area contributed by atoms with Gasteiger partial charge in [0, 0.05) is 24.2 Å². The van der Waals surface area contributed by atoms with Crippen LogP contribution in [0.2, 0.25) is 0 Å². The molecule has 148 valence electrons. The van der Waals surface area contributed by atoms with E-state index in [1.54, 1.807) is 31.7 Å².